The molecule has 0 aliphatic heterocycles. The minimum Gasteiger partial charge on any atom is -0.508 e. The third kappa shape index (κ3) is 2.68. The summed E-state index contributed by atoms with van der Waals surface area (Å²) in [5.41, 5.74) is 0.312. The number of fused-ring (bicyclic) bond motifs is 1. The van der Waals surface area contributed by atoms with Crippen LogP contribution >= 0.6 is 11.6 Å². The SMILES string of the molecule is O=C(O)c1nc(COc2cccc(O)c2)n2ccc(Cl)cc12. The summed E-state index contributed by atoms with van der Waals surface area (Å²) in [5, 5.41) is 19.0. The number of hydrogen-bond donors (Lipinski definition) is 2. The lowest BCUT2D eigenvalue weighted by molar-refractivity contribution is 0.0693. The molecule has 0 amide bonds. The molecule has 6 nitrogen and oxygen atoms in total. The second-order valence-electron chi connectivity index (χ2n) is 4.57. The first kappa shape index (κ1) is 14.2. The van der Waals surface area contributed by atoms with Gasteiger partial charge in [0.15, 0.2) is 11.5 Å². The minimum absolute atomic E-state index is 0.0551. The van der Waals surface area contributed by atoms with E-state index < -0.39 is 5.97 Å². The van der Waals surface area contributed by atoms with Crippen molar-refractivity contribution in [2.45, 2.75) is 6.61 Å². The maximum Gasteiger partial charge on any atom is 0.356 e. The number of halogens is 1. The molecule has 0 spiro atoms. The van der Waals surface area contributed by atoms with Crippen LogP contribution in [0, 0.1) is 0 Å². The van der Waals surface area contributed by atoms with Gasteiger partial charge in [0.25, 0.3) is 0 Å². The molecule has 0 fully saturated rings. The zero-order chi connectivity index (χ0) is 15.7. The predicted molar refractivity (Wildman–Crippen MR) is 79.6 cm³/mol. The van der Waals surface area contributed by atoms with Gasteiger partial charge in [-0.25, -0.2) is 9.78 Å². The summed E-state index contributed by atoms with van der Waals surface area (Å²) in [7, 11) is 0. The summed E-state index contributed by atoms with van der Waals surface area (Å²) in [4.78, 5) is 15.4. The number of aromatic carboxylic acids is 1. The Bertz CT molecular complexity index is 860. The third-order valence-corrected chi connectivity index (χ3v) is 3.30. The van der Waals surface area contributed by atoms with Gasteiger partial charge in [0.05, 0.1) is 5.52 Å². The fourth-order valence-corrected chi connectivity index (χ4v) is 2.26. The van der Waals surface area contributed by atoms with Crippen LogP contribution in [-0.2, 0) is 6.61 Å². The first-order valence-electron chi connectivity index (χ1n) is 6.36. The molecule has 2 heterocycles. The Labute approximate surface area is 130 Å². The molecule has 0 aliphatic carbocycles. The molecule has 7 heteroatoms. The maximum atomic E-state index is 11.3. The molecule has 0 saturated carbocycles. The first-order chi connectivity index (χ1) is 10.5. The third-order valence-electron chi connectivity index (χ3n) is 3.07. The highest BCUT2D eigenvalue weighted by Gasteiger charge is 2.17. The number of nitrogens with zero attached hydrogens (tertiary/aromatic N) is 2. The molecule has 3 aromatic rings. The number of aromatic nitrogens is 2. The number of pyridine rings is 1. The van der Waals surface area contributed by atoms with Gasteiger partial charge in [-0.2, -0.15) is 0 Å². The number of phenolic OH excluding ortho intramolecular Hbond substituents is 1. The van der Waals surface area contributed by atoms with Gasteiger partial charge in [-0.15, -0.1) is 0 Å². The molecule has 0 unspecified atom stereocenters. The molecule has 3 rings (SSSR count). The molecule has 2 aromatic heterocycles. The highest BCUT2D eigenvalue weighted by molar-refractivity contribution is 6.31. The molecule has 0 saturated heterocycles. The highest BCUT2D eigenvalue weighted by atomic mass is 35.5. The fraction of sp³-hybridized carbons (Fsp3) is 0.0667. The summed E-state index contributed by atoms with van der Waals surface area (Å²) in [5.74, 6) is -0.165. The van der Waals surface area contributed by atoms with Crippen LogP contribution in [0.25, 0.3) is 5.52 Å². The molecular formula is C15H11ClN2O4. The monoisotopic (exact) mass is 318 g/mol. The number of imidazole rings is 1. The van der Waals surface area contributed by atoms with Crippen LogP contribution in [0.2, 0.25) is 5.02 Å². The largest absolute Gasteiger partial charge is 0.508 e. The van der Waals surface area contributed by atoms with Crippen LogP contribution in [0.4, 0.5) is 0 Å². The van der Waals surface area contributed by atoms with Gasteiger partial charge >= 0.3 is 5.97 Å². The summed E-state index contributed by atoms with van der Waals surface area (Å²) in [6.07, 6.45) is 1.64. The molecule has 0 atom stereocenters. The van der Waals surface area contributed by atoms with E-state index in [1.807, 2.05) is 0 Å². The smallest absolute Gasteiger partial charge is 0.356 e. The van der Waals surface area contributed by atoms with Crippen molar-refractivity contribution < 1.29 is 19.7 Å². The summed E-state index contributed by atoms with van der Waals surface area (Å²) in [6, 6.07) is 9.50. The van der Waals surface area contributed by atoms with Gasteiger partial charge in [0.1, 0.15) is 18.1 Å². The van der Waals surface area contributed by atoms with Gasteiger partial charge in [-0.1, -0.05) is 17.7 Å². The molecule has 0 radical (unpaired) electrons. The zero-order valence-electron chi connectivity index (χ0n) is 11.2. The second kappa shape index (κ2) is 5.57. The number of carbonyl (C=O) groups is 1. The zero-order valence-corrected chi connectivity index (χ0v) is 12.0. The number of hydrogen-bond acceptors (Lipinski definition) is 4. The van der Waals surface area contributed by atoms with Crippen LogP contribution < -0.4 is 4.74 Å². The Morgan fingerprint density at radius 1 is 1.32 bits per heavy atom. The van der Waals surface area contributed by atoms with Gasteiger partial charge in [-0.05, 0) is 24.3 Å². The van der Waals surface area contributed by atoms with E-state index in [-0.39, 0.29) is 18.1 Å². The van der Waals surface area contributed by atoms with Crippen molar-refractivity contribution in [3.63, 3.8) is 0 Å². The molecule has 0 aliphatic rings. The predicted octanol–water partition coefficient (Wildman–Crippen LogP) is 2.97. The van der Waals surface area contributed by atoms with Crippen LogP contribution in [0.15, 0.2) is 42.6 Å². The average Bonchev–Trinajstić information content (AvgIpc) is 2.83. The van der Waals surface area contributed by atoms with E-state index in [9.17, 15) is 15.0 Å². The Morgan fingerprint density at radius 2 is 2.14 bits per heavy atom. The van der Waals surface area contributed by atoms with Crippen molar-refractivity contribution in [2.24, 2.45) is 0 Å². The van der Waals surface area contributed by atoms with Crippen LogP contribution in [0.1, 0.15) is 16.3 Å². The van der Waals surface area contributed by atoms with Crippen molar-refractivity contribution in [3.8, 4) is 11.5 Å². The molecule has 112 valence electrons. The van der Waals surface area contributed by atoms with E-state index in [1.54, 1.807) is 28.8 Å². The lowest BCUT2D eigenvalue weighted by Crippen LogP contribution is -2.01. The Balaban J connectivity index is 1.95. The van der Waals surface area contributed by atoms with Crippen LogP contribution in [-0.4, -0.2) is 25.6 Å². The van der Waals surface area contributed by atoms with E-state index in [2.05, 4.69) is 4.98 Å². The van der Waals surface area contributed by atoms with Crippen molar-refractivity contribution in [1.29, 1.82) is 0 Å². The Morgan fingerprint density at radius 3 is 2.86 bits per heavy atom. The van der Waals surface area contributed by atoms with Crippen molar-refractivity contribution in [3.05, 3.63) is 59.1 Å². The van der Waals surface area contributed by atoms with Gasteiger partial charge in [0.2, 0.25) is 0 Å². The first-order valence-corrected chi connectivity index (χ1v) is 6.74. The minimum atomic E-state index is -1.14. The number of ether oxygens (including phenoxy) is 1. The topological polar surface area (TPSA) is 84.1 Å². The van der Waals surface area contributed by atoms with Crippen LogP contribution in [0.5, 0.6) is 11.5 Å². The number of carboxylic acid groups (broad SMARTS) is 1. The molecule has 22 heavy (non-hydrogen) atoms. The van der Waals surface area contributed by atoms with Gasteiger partial charge in [0, 0.05) is 17.3 Å². The number of rotatable bonds is 4. The van der Waals surface area contributed by atoms with E-state index >= 15 is 0 Å². The van der Waals surface area contributed by atoms with Crippen molar-refractivity contribution in [1.82, 2.24) is 9.38 Å². The van der Waals surface area contributed by atoms with Gasteiger partial charge in [-0.3, -0.25) is 4.40 Å². The van der Waals surface area contributed by atoms with E-state index in [0.717, 1.165) is 0 Å². The lowest BCUT2D eigenvalue weighted by atomic mass is 10.3. The molecule has 0 bridgehead atoms. The fourth-order valence-electron chi connectivity index (χ4n) is 2.10. The second-order valence-corrected chi connectivity index (χ2v) is 5.00. The molecule has 2 N–H and O–H groups in total. The van der Waals surface area contributed by atoms with E-state index in [1.165, 1.54) is 18.2 Å². The highest BCUT2D eigenvalue weighted by Crippen LogP contribution is 2.21. The van der Waals surface area contributed by atoms with Crippen molar-refractivity contribution >= 4 is 23.1 Å². The van der Waals surface area contributed by atoms with E-state index in [0.29, 0.717) is 22.1 Å². The number of aromatic hydroxyl groups is 1. The quantitative estimate of drug-likeness (QED) is 0.772. The summed E-state index contributed by atoms with van der Waals surface area (Å²) < 4.78 is 7.14. The Kier molecular flexibility index (Phi) is 3.60. The average molecular weight is 319 g/mol. The number of phenols is 1. The van der Waals surface area contributed by atoms with Crippen molar-refractivity contribution in [2.75, 3.05) is 0 Å². The Hall–Kier alpha value is -2.73. The summed E-state index contributed by atoms with van der Waals surface area (Å²) >= 11 is 5.90. The number of carboxylic acids is 1. The molecular weight excluding hydrogens is 308 g/mol. The van der Waals surface area contributed by atoms with E-state index in [4.69, 9.17) is 16.3 Å². The standard InChI is InChI=1S/C15H11ClN2O4/c16-9-4-5-18-12(6-9)14(15(20)21)17-13(18)8-22-11-3-1-2-10(19)7-11/h1-7,19H,8H2,(H,20,21). The summed E-state index contributed by atoms with van der Waals surface area (Å²) in [6.45, 7) is 0.0551. The van der Waals surface area contributed by atoms with Gasteiger partial charge < -0.3 is 14.9 Å². The normalized spacial score (nSPS) is 10.8. The van der Waals surface area contributed by atoms with Crippen LogP contribution in [0.3, 0.4) is 0 Å². The lowest BCUT2D eigenvalue weighted by Gasteiger charge is -2.06. The molecule has 1 aromatic carbocycles. The maximum absolute atomic E-state index is 11.3. The number of benzene rings is 1.